The molecule has 0 aliphatic rings. The lowest BCUT2D eigenvalue weighted by Crippen LogP contribution is -2.20. The number of carbonyl (C=O) groups excluding carboxylic acids is 1. The van der Waals surface area contributed by atoms with Crippen molar-refractivity contribution in [3.05, 3.63) is 57.6 Å². The number of amides is 2. The Bertz CT molecular complexity index is 633. The molecule has 0 saturated heterocycles. The molecular weight excluding hydrogens is 316 g/mol. The number of urea groups is 1. The lowest BCUT2D eigenvalue weighted by atomic mass is 10.1. The largest absolute Gasteiger partial charge is 0.323 e. The van der Waals surface area contributed by atoms with E-state index in [1.165, 1.54) is 0 Å². The number of hydrogen-bond donors (Lipinski definition) is 2. The number of nitrogens with one attached hydrogen (secondary N) is 2. The highest BCUT2D eigenvalue weighted by Crippen LogP contribution is 2.22. The standard InChI is InChI=1S/C16H17BrN2O/c1-10-5-4-6-11(2)15(10)19-16(20)18-13-7-8-14(17)12(3)9-13/h4-9H,1-3H3,(H2,18,19,20). The predicted molar refractivity (Wildman–Crippen MR) is 87.4 cm³/mol. The van der Waals surface area contributed by atoms with E-state index in [9.17, 15) is 4.79 Å². The van der Waals surface area contributed by atoms with Gasteiger partial charge in [0.2, 0.25) is 0 Å². The molecule has 0 heterocycles. The molecule has 2 amide bonds. The topological polar surface area (TPSA) is 41.1 Å². The molecule has 2 aromatic rings. The number of para-hydroxylation sites is 1. The summed E-state index contributed by atoms with van der Waals surface area (Å²) in [6.07, 6.45) is 0. The molecule has 2 rings (SSSR count). The monoisotopic (exact) mass is 332 g/mol. The zero-order valence-corrected chi connectivity index (χ0v) is 13.3. The minimum atomic E-state index is -0.232. The zero-order chi connectivity index (χ0) is 14.7. The third-order valence-corrected chi connectivity index (χ3v) is 4.03. The van der Waals surface area contributed by atoms with E-state index in [1.54, 1.807) is 0 Å². The summed E-state index contributed by atoms with van der Waals surface area (Å²) in [6, 6.07) is 11.4. The Balaban J connectivity index is 2.11. The Morgan fingerprint density at radius 1 is 0.950 bits per heavy atom. The summed E-state index contributed by atoms with van der Waals surface area (Å²) >= 11 is 3.44. The van der Waals surface area contributed by atoms with Crippen molar-refractivity contribution in [3.63, 3.8) is 0 Å². The van der Waals surface area contributed by atoms with Gasteiger partial charge in [-0.25, -0.2) is 4.79 Å². The smallest absolute Gasteiger partial charge is 0.308 e. The van der Waals surface area contributed by atoms with Gasteiger partial charge in [0.25, 0.3) is 0 Å². The third-order valence-electron chi connectivity index (χ3n) is 3.14. The van der Waals surface area contributed by atoms with Crippen molar-refractivity contribution in [2.45, 2.75) is 20.8 Å². The van der Waals surface area contributed by atoms with Crippen LogP contribution in [0.25, 0.3) is 0 Å². The fourth-order valence-corrected chi connectivity index (χ4v) is 2.26. The van der Waals surface area contributed by atoms with E-state index in [0.29, 0.717) is 0 Å². The van der Waals surface area contributed by atoms with Gasteiger partial charge in [-0.15, -0.1) is 0 Å². The quantitative estimate of drug-likeness (QED) is 0.796. The lowest BCUT2D eigenvalue weighted by Gasteiger charge is -2.13. The predicted octanol–water partition coefficient (Wildman–Crippen LogP) is 5.02. The average Bonchev–Trinajstić information content (AvgIpc) is 2.38. The van der Waals surface area contributed by atoms with Crippen LogP contribution in [-0.2, 0) is 0 Å². The number of carbonyl (C=O) groups is 1. The summed E-state index contributed by atoms with van der Waals surface area (Å²) < 4.78 is 1.03. The molecule has 4 heteroatoms. The van der Waals surface area contributed by atoms with E-state index in [0.717, 1.165) is 32.5 Å². The van der Waals surface area contributed by atoms with Gasteiger partial charge in [-0.2, -0.15) is 0 Å². The molecule has 20 heavy (non-hydrogen) atoms. The third kappa shape index (κ3) is 3.39. The van der Waals surface area contributed by atoms with Gasteiger partial charge in [0.1, 0.15) is 0 Å². The second-order valence-electron chi connectivity index (χ2n) is 4.81. The molecule has 2 N–H and O–H groups in total. The number of anilines is 2. The van der Waals surface area contributed by atoms with Crippen molar-refractivity contribution >= 4 is 33.3 Å². The van der Waals surface area contributed by atoms with E-state index in [2.05, 4.69) is 26.6 Å². The van der Waals surface area contributed by atoms with Gasteiger partial charge in [-0.05, 0) is 55.7 Å². The SMILES string of the molecule is Cc1cc(NC(=O)Nc2c(C)cccc2C)ccc1Br. The summed E-state index contributed by atoms with van der Waals surface area (Å²) in [5.41, 5.74) is 4.81. The molecule has 0 spiro atoms. The van der Waals surface area contributed by atoms with Gasteiger partial charge in [-0.1, -0.05) is 34.1 Å². The van der Waals surface area contributed by atoms with Crippen LogP contribution in [0.15, 0.2) is 40.9 Å². The highest BCUT2D eigenvalue weighted by molar-refractivity contribution is 9.10. The summed E-state index contributed by atoms with van der Waals surface area (Å²) in [5.74, 6) is 0. The highest BCUT2D eigenvalue weighted by atomic mass is 79.9. The number of rotatable bonds is 2. The average molecular weight is 333 g/mol. The highest BCUT2D eigenvalue weighted by Gasteiger charge is 2.07. The normalized spacial score (nSPS) is 10.2. The van der Waals surface area contributed by atoms with Crippen LogP contribution in [0.2, 0.25) is 0 Å². The van der Waals surface area contributed by atoms with Crippen molar-refractivity contribution in [2.75, 3.05) is 10.6 Å². The first kappa shape index (κ1) is 14.6. The Morgan fingerprint density at radius 3 is 2.20 bits per heavy atom. The van der Waals surface area contributed by atoms with Gasteiger partial charge < -0.3 is 10.6 Å². The van der Waals surface area contributed by atoms with Crippen LogP contribution in [0, 0.1) is 20.8 Å². The maximum Gasteiger partial charge on any atom is 0.323 e. The van der Waals surface area contributed by atoms with Crippen molar-refractivity contribution in [3.8, 4) is 0 Å². The van der Waals surface area contributed by atoms with Crippen molar-refractivity contribution in [1.29, 1.82) is 0 Å². The fourth-order valence-electron chi connectivity index (χ4n) is 2.01. The molecule has 0 aliphatic heterocycles. The number of aryl methyl sites for hydroxylation is 3. The van der Waals surface area contributed by atoms with E-state index < -0.39 is 0 Å². The fraction of sp³-hybridized carbons (Fsp3) is 0.188. The van der Waals surface area contributed by atoms with Crippen LogP contribution in [0.1, 0.15) is 16.7 Å². The molecule has 0 aromatic heterocycles. The molecule has 0 saturated carbocycles. The van der Waals surface area contributed by atoms with Crippen LogP contribution in [0.4, 0.5) is 16.2 Å². The minimum absolute atomic E-state index is 0.232. The molecule has 2 aromatic carbocycles. The Labute approximate surface area is 127 Å². The van der Waals surface area contributed by atoms with Gasteiger partial charge in [-0.3, -0.25) is 0 Å². The first-order valence-corrected chi connectivity index (χ1v) is 7.17. The molecule has 0 unspecified atom stereocenters. The Kier molecular flexibility index (Phi) is 4.45. The van der Waals surface area contributed by atoms with E-state index in [-0.39, 0.29) is 6.03 Å². The van der Waals surface area contributed by atoms with Crippen LogP contribution in [0.3, 0.4) is 0 Å². The van der Waals surface area contributed by atoms with Crippen LogP contribution in [0.5, 0.6) is 0 Å². The molecular formula is C16H17BrN2O. The molecule has 0 radical (unpaired) electrons. The molecule has 0 aliphatic carbocycles. The first-order valence-electron chi connectivity index (χ1n) is 6.38. The van der Waals surface area contributed by atoms with Crippen molar-refractivity contribution in [2.24, 2.45) is 0 Å². The molecule has 104 valence electrons. The van der Waals surface area contributed by atoms with E-state index in [4.69, 9.17) is 0 Å². The summed E-state index contributed by atoms with van der Waals surface area (Å²) in [6.45, 7) is 5.94. The lowest BCUT2D eigenvalue weighted by molar-refractivity contribution is 0.262. The summed E-state index contributed by atoms with van der Waals surface area (Å²) in [7, 11) is 0. The van der Waals surface area contributed by atoms with Crippen LogP contribution < -0.4 is 10.6 Å². The number of hydrogen-bond acceptors (Lipinski definition) is 1. The second kappa shape index (κ2) is 6.09. The van der Waals surface area contributed by atoms with Gasteiger partial charge in [0.15, 0.2) is 0 Å². The number of benzene rings is 2. The Morgan fingerprint density at radius 2 is 1.60 bits per heavy atom. The maximum atomic E-state index is 12.0. The summed E-state index contributed by atoms with van der Waals surface area (Å²) in [5, 5.41) is 5.74. The first-order chi connectivity index (χ1) is 9.47. The van der Waals surface area contributed by atoms with Crippen molar-refractivity contribution in [1.82, 2.24) is 0 Å². The molecule has 0 bridgehead atoms. The van der Waals surface area contributed by atoms with Gasteiger partial charge >= 0.3 is 6.03 Å². The zero-order valence-electron chi connectivity index (χ0n) is 11.8. The van der Waals surface area contributed by atoms with Crippen molar-refractivity contribution < 1.29 is 4.79 Å². The number of halogens is 1. The van der Waals surface area contributed by atoms with Gasteiger partial charge in [0, 0.05) is 15.8 Å². The van der Waals surface area contributed by atoms with Crippen LogP contribution >= 0.6 is 15.9 Å². The molecule has 0 atom stereocenters. The minimum Gasteiger partial charge on any atom is -0.308 e. The summed E-state index contributed by atoms with van der Waals surface area (Å²) in [4.78, 5) is 12.0. The van der Waals surface area contributed by atoms with E-state index in [1.807, 2.05) is 57.2 Å². The molecule has 0 fully saturated rings. The van der Waals surface area contributed by atoms with E-state index >= 15 is 0 Å². The van der Waals surface area contributed by atoms with Crippen LogP contribution in [-0.4, -0.2) is 6.03 Å². The molecule has 3 nitrogen and oxygen atoms in total. The maximum absolute atomic E-state index is 12.0. The van der Waals surface area contributed by atoms with Gasteiger partial charge in [0.05, 0.1) is 0 Å². The second-order valence-corrected chi connectivity index (χ2v) is 5.66. The Hall–Kier alpha value is -1.81.